The summed E-state index contributed by atoms with van der Waals surface area (Å²) in [6, 6.07) is 1.41. The Hall–Kier alpha value is -0.740. The Bertz CT molecular complexity index is 693. The first-order chi connectivity index (χ1) is 9.26. The molecule has 110 valence electrons. The van der Waals surface area contributed by atoms with Gasteiger partial charge in [0, 0.05) is 17.6 Å². The van der Waals surface area contributed by atoms with Gasteiger partial charge in [-0.2, -0.15) is 4.72 Å². The summed E-state index contributed by atoms with van der Waals surface area (Å²) < 4.78 is 32.8. The van der Waals surface area contributed by atoms with Crippen molar-refractivity contribution in [2.24, 2.45) is 5.73 Å². The smallest absolute Gasteiger partial charge is 0.245 e. The number of nitrogens with one attached hydrogen (secondary N) is 1. The summed E-state index contributed by atoms with van der Waals surface area (Å²) in [7, 11) is -3.74. The summed E-state index contributed by atoms with van der Waals surface area (Å²) >= 11 is 4.48. The van der Waals surface area contributed by atoms with Crippen molar-refractivity contribution in [3.05, 3.63) is 33.1 Å². The number of rotatable bonds is 5. The molecule has 0 saturated carbocycles. The van der Waals surface area contributed by atoms with Crippen molar-refractivity contribution in [3.8, 4) is 0 Å². The lowest BCUT2D eigenvalue weighted by molar-refractivity contribution is 0.464. The van der Waals surface area contributed by atoms with E-state index >= 15 is 0 Å². The van der Waals surface area contributed by atoms with Crippen LogP contribution < -0.4 is 10.5 Å². The zero-order valence-corrected chi connectivity index (χ0v) is 14.1. The fraction of sp³-hybridized carbons (Fsp3) is 0.364. The number of furan rings is 1. The Labute approximate surface area is 129 Å². The van der Waals surface area contributed by atoms with E-state index in [0.29, 0.717) is 10.8 Å². The van der Waals surface area contributed by atoms with Crippen molar-refractivity contribution in [1.29, 1.82) is 0 Å². The fourth-order valence-corrected chi connectivity index (χ4v) is 4.81. The third kappa shape index (κ3) is 3.12. The minimum atomic E-state index is -3.74. The standard InChI is InChI=1S/C11H14BrN3O3S2/c1-11(2,10-14-3-4-19-10)15-20(16,17)8-5-7(6-13)18-9(8)12/h3-5,15H,6,13H2,1-2H3. The van der Waals surface area contributed by atoms with Gasteiger partial charge in [0.25, 0.3) is 0 Å². The first-order valence-corrected chi connectivity index (χ1v) is 8.84. The first-order valence-electron chi connectivity index (χ1n) is 5.68. The molecule has 3 N–H and O–H groups in total. The van der Waals surface area contributed by atoms with Crippen LogP contribution in [0.5, 0.6) is 0 Å². The van der Waals surface area contributed by atoms with Gasteiger partial charge in [-0.25, -0.2) is 13.4 Å². The van der Waals surface area contributed by atoms with Crippen LogP contribution in [0.1, 0.15) is 24.6 Å². The van der Waals surface area contributed by atoms with Gasteiger partial charge in [-0.15, -0.1) is 11.3 Å². The van der Waals surface area contributed by atoms with Gasteiger partial charge < -0.3 is 10.2 Å². The number of sulfonamides is 1. The summed E-state index contributed by atoms with van der Waals surface area (Å²) in [6.45, 7) is 3.63. The molecule has 0 aromatic carbocycles. The molecule has 0 bridgehead atoms. The Morgan fingerprint density at radius 1 is 1.55 bits per heavy atom. The summed E-state index contributed by atoms with van der Waals surface area (Å²) in [5.74, 6) is 0.393. The van der Waals surface area contributed by atoms with Gasteiger partial charge >= 0.3 is 0 Å². The third-order valence-corrected chi connectivity index (χ3v) is 6.16. The topological polar surface area (TPSA) is 98.2 Å². The van der Waals surface area contributed by atoms with Crippen molar-refractivity contribution in [2.45, 2.75) is 30.8 Å². The second-order valence-electron chi connectivity index (χ2n) is 4.62. The molecule has 0 radical (unpaired) electrons. The molecule has 2 aromatic heterocycles. The largest absolute Gasteiger partial charge is 0.452 e. The first kappa shape index (κ1) is 15.6. The van der Waals surface area contributed by atoms with E-state index in [1.165, 1.54) is 17.4 Å². The minimum Gasteiger partial charge on any atom is -0.452 e. The highest BCUT2D eigenvalue weighted by Gasteiger charge is 2.32. The lowest BCUT2D eigenvalue weighted by atomic mass is 10.1. The number of nitrogens with two attached hydrogens (primary N) is 1. The van der Waals surface area contributed by atoms with Crippen molar-refractivity contribution in [2.75, 3.05) is 0 Å². The summed E-state index contributed by atoms with van der Waals surface area (Å²) in [5, 5.41) is 2.48. The molecule has 0 unspecified atom stereocenters. The van der Waals surface area contributed by atoms with Crippen molar-refractivity contribution >= 4 is 37.3 Å². The summed E-state index contributed by atoms with van der Waals surface area (Å²) in [4.78, 5) is 4.18. The van der Waals surface area contributed by atoms with Gasteiger partial charge in [-0.1, -0.05) is 0 Å². The highest BCUT2D eigenvalue weighted by atomic mass is 79.9. The van der Waals surface area contributed by atoms with E-state index in [4.69, 9.17) is 10.2 Å². The molecule has 0 aliphatic carbocycles. The maximum Gasteiger partial charge on any atom is 0.245 e. The Kier molecular flexibility index (Phi) is 4.35. The molecule has 2 heterocycles. The van der Waals surface area contributed by atoms with Gasteiger partial charge in [-0.3, -0.25) is 0 Å². The molecule has 0 saturated heterocycles. The number of nitrogens with zero attached hydrogens (tertiary/aromatic N) is 1. The molecule has 2 rings (SSSR count). The van der Waals surface area contributed by atoms with Gasteiger partial charge in [0.15, 0.2) is 4.67 Å². The molecule has 0 amide bonds. The zero-order chi connectivity index (χ0) is 15.0. The van der Waals surface area contributed by atoms with Crippen LogP contribution in [0.4, 0.5) is 0 Å². The number of hydrogen-bond acceptors (Lipinski definition) is 6. The van der Waals surface area contributed by atoms with E-state index in [-0.39, 0.29) is 16.1 Å². The Balaban J connectivity index is 2.34. The van der Waals surface area contributed by atoms with E-state index in [1.807, 2.05) is 0 Å². The average Bonchev–Trinajstić information content (AvgIpc) is 2.95. The lowest BCUT2D eigenvalue weighted by Crippen LogP contribution is -2.40. The van der Waals surface area contributed by atoms with Crippen LogP contribution in [-0.2, 0) is 22.1 Å². The minimum absolute atomic E-state index is 0.0302. The van der Waals surface area contributed by atoms with Crippen LogP contribution in [0.3, 0.4) is 0 Å². The van der Waals surface area contributed by atoms with Crippen LogP contribution in [0.2, 0.25) is 0 Å². The number of hydrogen-bond donors (Lipinski definition) is 2. The van der Waals surface area contributed by atoms with E-state index < -0.39 is 15.6 Å². The highest BCUT2D eigenvalue weighted by molar-refractivity contribution is 9.10. The summed E-state index contributed by atoms with van der Waals surface area (Å²) in [5.41, 5.74) is 4.63. The SMILES string of the molecule is CC(C)(NS(=O)(=O)c1cc(CN)oc1Br)c1nccs1. The molecule has 6 nitrogen and oxygen atoms in total. The van der Waals surface area contributed by atoms with Crippen LogP contribution >= 0.6 is 27.3 Å². The molecule has 0 spiro atoms. The maximum atomic E-state index is 12.4. The predicted octanol–water partition coefficient (Wildman–Crippen LogP) is 2.17. The number of aromatic nitrogens is 1. The molecule has 20 heavy (non-hydrogen) atoms. The monoisotopic (exact) mass is 379 g/mol. The lowest BCUT2D eigenvalue weighted by Gasteiger charge is -2.23. The van der Waals surface area contributed by atoms with Crippen molar-refractivity contribution in [1.82, 2.24) is 9.71 Å². The third-order valence-electron chi connectivity index (χ3n) is 2.55. The maximum absolute atomic E-state index is 12.4. The van der Waals surface area contributed by atoms with Crippen LogP contribution in [0, 0.1) is 0 Å². The number of halogens is 1. The summed E-state index contributed by atoms with van der Waals surface area (Å²) in [6.07, 6.45) is 1.64. The van der Waals surface area contributed by atoms with Gasteiger partial charge in [0.1, 0.15) is 15.7 Å². The second kappa shape index (κ2) is 5.57. The molecule has 9 heteroatoms. The van der Waals surface area contributed by atoms with E-state index in [1.54, 1.807) is 25.4 Å². The second-order valence-corrected chi connectivity index (χ2v) is 7.89. The molecule has 0 atom stereocenters. The molecule has 2 aromatic rings. The molecule has 0 fully saturated rings. The van der Waals surface area contributed by atoms with Crippen LogP contribution in [-0.4, -0.2) is 13.4 Å². The molecule has 0 aliphatic heterocycles. The van der Waals surface area contributed by atoms with Gasteiger partial charge in [0.05, 0.1) is 12.1 Å². The van der Waals surface area contributed by atoms with Crippen molar-refractivity contribution in [3.63, 3.8) is 0 Å². The van der Waals surface area contributed by atoms with Crippen molar-refractivity contribution < 1.29 is 12.8 Å². The zero-order valence-electron chi connectivity index (χ0n) is 10.9. The van der Waals surface area contributed by atoms with E-state index in [2.05, 4.69) is 25.6 Å². The average molecular weight is 380 g/mol. The van der Waals surface area contributed by atoms with Crippen LogP contribution in [0.25, 0.3) is 0 Å². The van der Waals surface area contributed by atoms with E-state index in [0.717, 1.165) is 0 Å². The normalized spacial score (nSPS) is 12.8. The predicted molar refractivity (Wildman–Crippen MR) is 79.8 cm³/mol. The molecular weight excluding hydrogens is 366 g/mol. The quantitative estimate of drug-likeness (QED) is 0.829. The Morgan fingerprint density at radius 3 is 2.75 bits per heavy atom. The number of thiazole rings is 1. The molecule has 0 aliphatic rings. The highest BCUT2D eigenvalue weighted by Crippen LogP contribution is 2.29. The van der Waals surface area contributed by atoms with Gasteiger partial charge in [-0.05, 0) is 29.8 Å². The van der Waals surface area contributed by atoms with E-state index in [9.17, 15) is 8.42 Å². The Morgan fingerprint density at radius 2 is 2.25 bits per heavy atom. The fourth-order valence-electron chi connectivity index (χ4n) is 1.65. The van der Waals surface area contributed by atoms with Gasteiger partial charge in [0.2, 0.25) is 10.0 Å². The molecular formula is C11H14BrN3O3S2. The van der Waals surface area contributed by atoms with Crippen LogP contribution in [0.15, 0.2) is 31.6 Å².